The lowest BCUT2D eigenvalue weighted by Crippen LogP contribution is -2.41. The number of hydrogen-bond acceptors (Lipinski definition) is 5. The average Bonchev–Trinajstić information content (AvgIpc) is 2.63. The van der Waals surface area contributed by atoms with Crippen molar-refractivity contribution in [3.8, 4) is 11.5 Å². The summed E-state index contributed by atoms with van der Waals surface area (Å²) in [4.78, 5) is 6.60. The molecule has 126 valence electrons. The largest absolute Gasteiger partial charge is 0.486 e. The highest BCUT2D eigenvalue weighted by Gasteiger charge is 2.20. The van der Waals surface area contributed by atoms with Gasteiger partial charge in [0.2, 0.25) is 0 Å². The minimum Gasteiger partial charge on any atom is -0.486 e. The number of ether oxygens (including phenoxy) is 2. The predicted octanol–water partition coefficient (Wildman–Crippen LogP) is 2.93. The quantitative estimate of drug-likeness (QED) is 0.936. The molecule has 1 aromatic carbocycles. The minimum atomic E-state index is 0.461. The van der Waals surface area contributed by atoms with E-state index in [-0.39, 0.29) is 0 Å². The van der Waals surface area contributed by atoms with Gasteiger partial charge in [-0.3, -0.25) is 9.88 Å². The molecule has 5 heteroatoms. The van der Waals surface area contributed by atoms with Crippen molar-refractivity contribution in [2.24, 2.45) is 0 Å². The number of rotatable bonds is 4. The van der Waals surface area contributed by atoms with Crippen molar-refractivity contribution in [3.63, 3.8) is 0 Å². The van der Waals surface area contributed by atoms with Crippen LogP contribution in [-0.4, -0.2) is 42.2 Å². The summed E-state index contributed by atoms with van der Waals surface area (Å²) in [7, 11) is 0. The Morgan fingerprint density at radius 1 is 1.08 bits per heavy atom. The molecule has 2 aromatic rings. The van der Waals surface area contributed by atoms with Crippen LogP contribution in [0.2, 0.25) is 0 Å². The van der Waals surface area contributed by atoms with E-state index in [2.05, 4.69) is 39.5 Å². The molecule has 1 N–H and O–H groups in total. The number of nitrogens with one attached hydrogen (secondary N) is 1. The molecule has 2 aliphatic rings. The maximum Gasteiger partial charge on any atom is 0.163 e. The average molecular weight is 325 g/mol. The van der Waals surface area contributed by atoms with Gasteiger partial charge in [0.1, 0.15) is 13.2 Å². The predicted molar refractivity (Wildman–Crippen MR) is 93.6 cm³/mol. The highest BCUT2D eigenvalue weighted by atomic mass is 16.6. The number of likely N-dealkylation sites (tertiary alicyclic amines) is 1. The molecule has 4 rings (SSSR count). The Balaban J connectivity index is 1.38. The van der Waals surface area contributed by atoms with E-state index in [4.69, 9.17) is 9.47 Å². The Hall–Kier alpha value is -2.27. The van der Waals surface area contributed by atoms with E-state index in [9.17, 15) is 0 Å². The zero-order chi connectivity index (χ0) is 16.2. The fourth-order valence-corrected chi connectivity index (χ4v) is 3.43. The SMILES string of the molecule is c1cc(CN2CCC[C@@H](Nc3ccc4c(c3)OCCO4)C2)ccn1. The van der Waals surface area contributed by atoms with Gasteiger partial charge in [-0.2, -0.15) is 0 Å². The maximum absolute atomic E-state index is 5.67. The van der Waals surface area contributed by atoms with Crippen LogP contribution in [0.4, 0.5) is 5.69 Å². The van der Waals surface area contributed by atoms with Crippen molar-refractivity contribution in [2.45, 2.75) is 25.4 Å². The Morgan fingerprint density at radius 3 is 2.79 bits per heavy atom. The minimum absolute atomic E-state index is 0.461. The van der Waals surface area contributed by atoms with E-state index >= 15 is 0 Å². The van der Waals surface area contributed by atoms with Gasteiger partial charge in [0.25, 0.3) is 0 Å². The van der Waals surface area contributed by atoms with Gasteiger partial charge < -0.3 is 14.8 Å². The fourth-order valence-electron chi connectivity index (χ4n) is 3.43. The van der Waals surface area contributed by atoms with E-state index in [0.29, 0.717) is 19.3 Å². The zero-order valence-corrected chi connectivity index (χ0v) is 13.8. The smallest absolute Gasteiger partial charge is 0.163 e. The third-order valence-corrected chi connectivity index (χ3v) is 4.57. The van der Waals surface area contributed by atoms with Crippen molar-refractivity contribution in [1.29, 1.82) is 0 Å². The summed E-state index contributed by atoms with van der Waals surface area (Å²) in [5, 5.41) is 3.66. The molecule has 0 aliphatic carbocycles. The molecule has 5 nitrogen and oxygen atoms in total. The van der Waals surface area contributed by atoms with Crippen LogP contribution in [0, 0.1) is 0 Å². The Kier molecular flexibility index (Phi) is 4.51. The van der Waals surface area contributed by atoms with Crippen molar-refractivity contribution in [3.05, 3.63) is 48.3 Å². The summed E-state index contributed by atoms with van der Waals surface area (Å²) in [6.07, 6.45) is 6.14. The standard InChI is InChI=1S/C19H23N3O2/c1-2-17(14-22(9-1)13-15-5-7-20-8-6-15)21-16-3-4-18-19(12-16)24-11-10-23-18/h3-8,12,17,21H,1-2,9-11,13-14H2/t17-/m1/s1. The maximum atomic E-state index is 5.67. The first-order valence-corrected chi connectivity index (χ1v) is 8.64. The second-order valence-electron chi connectivity index (χ2n) is 6.43. The molecule has 0 amide bonds. The lowest BCUT2D eigenvalue weighted by molar-refractivity contribution is 0.171. The van der Waals surface area contributed by atoms with E-state index < -0.39 is 0 Å². The third kappa shape index (κ3) is 3.62. The van der Waals surface area contributed by atoms with Crippen LogP contribution in [0.5, 0.6) is 11.5 Å². The summed E-state index contributed by atoms with van der Waals surface area (Å²) in [5.74, 6) is 1.69. The van der Waals surface area contributed by atoms with Crippen LogP contribution in [0.3, 0.4) is 0 Å². The van der Waals surface area contributed by atoms with Crippen LogP contribution in [0.25, 0.3) is 0 Å². The van der Waals surface area contributed by atoms with Crippen LogP contribution >= 0.6 is 0 Å². The third-order valence-electron chi connectivity index (χ3n) is 4.57. The number of aromatic nitrogens is 1. The fraction of sp³-hybridized carbons (Fsp3) is 0.421. The molecule has 3 heterocycles. The lowest BCUT2D eigenvalue weighted by atomic mass is 10.0. The van der Waals surface area contributed by atoms with Crippen LogP contribution in [-0.2, 0) is 6.54 Å². The van der Waals surface area contributed by atoms with Gasteiger partial charge in [0.15, 0.2) is 11.5 Å². The molecule has 1 fully saturated rings. The summed E-state index contributed by atoms with van der Waals surface area (Å²) in [6.45, 7) is 4.45. The molecule has 2 aliphatic heterocycles. The summed E-state index contributed by atoms with van der Waals surface area (Å²) in [5.41, 5.74) is 2.43. The van der Waals surface area contributed by atoms with Gasteiger partial charge >= 0.3 is 0 Å². The number of benzene rings is 1. The van der Waals surface area contributed by atoms with Gasteiger partial charge in [-0.25, -0.2) is 0 Å². The molecular formula is C19H23N3O2. The second kappa shape index (κ2) is 7.09. The molecule has 1 aromatic heterocycles. The van der Waals surface area contributed by atoms with Crippen LogP contribution in [0.15, 0.2) is 42.7 Å². The summed E-state index contributed by atoms with van der Waals surface area (Å²) >= 11 is 0. The van der Waals surface area contributed by atoms with Crippen molar-refractivity contribution >= 4 is 5.69 Å². The summed E-state index contributed by atoms with van der Waals surface area (Å²) < 4.78 is 11.3. The van der Waals surface area contributed by atoms with E-state index in [1.54, 1.807) is 0 Å². The monoisotopic (exact) mass is 325 g/mol. The molecule has 0 unspecified atom stereocenters. The first kappa shape index (κ1) is 15.3. The number of piperidine rings is 1. The van der Waals surface area contributed by atoms with Gasteiger partial charge in [-0.15, -0.1) is 0 Å². The number of hydrogen-bond donors (Lipinski definition) is 1. The van der Waals surface area contributed by atoms with Gasteiger partial charge in [-0.05, 0) is 49.2 Å². The molecule has 1 saturated heterocycles. The van der Waals surface area contributed by atoms with Gasteiger partial charge in [0.05, 0.1) is 0 Å². The van der Waals surface area contributed by atoms with Crippen molar-refractivity contribution in [1.82, 2.24) is 9.88 Å². The van der Waals surface area contributed by atoms with Crippen molar-refractivity contribution < 1.29 is 9.47 Å². The number of fused-ring (bicyclic) bond motifs is 1. The molecular weight excluding hydrogens is 302 g/mol. The Morgan fingerprint density at radius 2 is 1.92 bits per heavy atom. The molecule has 0 spiro atoms. The Labute approximate surface area is 142 Å². The highest BCUT2D eigenvalue weighted by Crippen LogP contribution is 2.33. The number of nitrogens with zero attached hydrogens (tertiary/aromatic N) is 2. The normalized spacial score (nSPS) is 20.6. The highest BCUT2D eigenvalue weighted by molar-refractivity contribution is 5.55. The molecule has 0 saturated carbocycles. The lowest BCUT2D eigenvalue weighted by Gasteiger charge is -2.34. The van der Waals surface area contributed by atoms with Crippen LogP contribution < -0.4 is 14.8 Å². The second-order valence-corrected chi connectivity index (χ2v) is 6.43. The zero-order valence-electron chi connectivity index (χ0n) is 13.8. The molecule has 0 bridgehead atoms. The van der Waals surface area contributed by atoms with Gasteiger partial charge in [-0.1, -0.05) is 0 Å². The van der Waals surface area contributed by atoms with Gasteiger partial charge in [0, 0.05) is 43.3 Å². The van der Waals surface area contributed by atoms with E-state index in [1.807, 2.05) is 18.5 Å². The first-order valence-electron chi connectivity index (χ1n) is 8.64. The molecule has 24 heavy (non-hydrogen) atoms. The molecule has 0 radical (unpaired) electrons. The van der Waals surface area contributed by atoms with Crippen molar-refractivity contribution in [2.75, 3.05) is 31.6 Å². The van der Waals surface area contributed by atoms with E-state index in [1.165, 1.54) is 18.4 Å². The number of pyridine rings is 1. The Bertz CT molecular complexity index is 678. The summed E-state index contributed by atoms with van der Waals surface area (Å²) in [6, 6.07) is 10.8. The van der Waals surface area contributed by atoms with E-state index in [0.717, 1.165) is 36.8 Å². The first-order chi connectivity index (χ1) is 11.9. The topological polar surface area (TPSA) is 46.6 Å². The number of anilines is 1. The molecule has 1 atom stereocenters. The van der Waals surface area contributed by atoms with Crippen LogP contribution in [0.1, 0.15) is 18.4 Å².